The van der Waals surface area contributed by atoms with Gasteiger partial charge in [-0.2, -0.15) is 0 Å². The summed E-state index contributed by atoms with van der Waals surface area (Å²) in [5.41, 5.74) is 1.57. The Morgan fingerprint density at radius 3 is 2.47 bits per heavy atom. The first-order valence-electron chi connectivity index (χ1n) is 6.78. The number of sulfonamides is 1. The summed E-state index contributed by atoms with van der Waals surface area (Å²) >= 11 is 0. The summed E-state index contributed by atoms with van der Waals surface area (Å²) in [6, 6.07) is 7.85. The van der Waals surface area contributed by atoms with Gasteiger partial charge in [-0.15, -0.1) is 0 Å². The third-order valence-corrected chi connectivity index (χ3v) is 4.27. The highest BCUT2D eigenvalue weighted by Crippen LogP contribution is 2.29. The van der Waals surface area contributed by atoms with Gasteiger partial charge in [-0.1, -0.05) is 18.9 Å². The van der Waals surface area contributed by atoms with Crippen LogP contribution in [0.5, 0.6) is 0 Å². The molecule has 1 unspecified atom stereocenters. The lowest BCUT2D eigenvalue weighted by Crippen LogP contribution is -2.23. The first kappa shape index (κ1) is 14.2. The fraction of sp³-hybridized carbons (Fsp3) is 0.571. The molecule has 2 N–H and O–H groups in total. The molecule has 0 aromatic heterocycles. The van der Waals surface area contributed by atoms with E-state index in [2.05, 4.69) is 17.0 Å². The Kier molecular flexibility index (Phi) is 4.34. The van der Waals surface area contributed by atoms with E-state index in [9.17, 15) is 8.42 Å². The average molecular weight is 282 g/mol. The molecular formula is C14H22N2O2S. The van der Waals surface area contributed by atoms with Crippen molar-refractivity contribution in [2.75, 3.05) is 16.3 Å². The predicted molar refractivity (Wildman–Crippen MR) is 80.0 cm³/mol. The van der Waals surface area contributed by atoms with E-state index in [1.54, 1.807) is 6.07 Å². The maximum atomic E-state index is 11.2. The second-order valence-corrected chi connectivity index (χ2v) is 7.18. The van der Waals surface area contributed by atoms with E-state index < -0.39 is 10.0 Å². The number of nitrogens with one attached hydrogen (secondary N) is 2. The quantitative estimate of drug-likeness (QED) is 0.872. The van der Waals surface area contributed by atoms with Gasteiger partial charge in [0.25, 0.3) is 0 Å². The van der Waals surface area contributed by atoms with Gasteiger partial charge in [0.15, 0.2) is 0 Å². The van der Waals surface area contributed by atoms with Crippen LogP contribution in [0.15, 0.2) is 24.3 Å². The SMILES string of the molecule is CC(Nc1cccc(NS(C)(=O)=O)c1)C1CCCC1. The third-order valence-electron chi connectivity index (χ3n) is 3.67. The first-order valence-corrected chi connectivity index (χ1v) is 8.67. The van der Waals surface area contributed by atoms with Crippen LogP contribution in [-0.2, 0) is 10.0 Å². The fourth-order valence-electron chi connectivity index (χ4n) is 2.72. The second-order valence-electron chi connectivity index (χ2n) is 5.43. The lowest BCUT2D eigenvalue weighted by molar-refractivity contribution is 0.482. The number of hydrogen-bond donors (Lipinski definition) is 2. The maximum absolute atomic E-state index is 11.2. The van der Waals surface area contributed by atoms with Crippen LogP contribution in [-0.4, -0.2) is 20.7 Å². The Morgan fingerprint density at radius 2 is 1.84 bits per heavy atom. The molecule has 5 heteroatoms. The summed E-state index contributed by atoms with van der Waals surface area (Å²) < 4.78 is 24.9. The first-order chi connectivity index (χ1) is 8.94. The van der Waals surface area contributed by atoms with Gasteiger partial charge in [-0.05, 0) is 43.9 Å². The minimum Gasteiger partial charge on any atom is -0.382 e. The molecule has 1 fully saturated rings. The number of benzene rings is 1. The molecule has 0 bridgehead atoms. The minimum absolute atomic E-state index is 0.427. The van der Waals surface area contributed by atoms with Crippen LogP contribution >= 0.6 is 0 Å². The van der Waals surface area contributed by atoms with Gasteiger partial charge in [0.2, 0.25) is 10.0 Å². The van der Waals surface area contributed by atoms with Crippen LogP contribution in [0.25, 0.3) is 0 Å². The fourth-order valence-corrected chi connectivity index (χ4v) is 3.28. The Balaban J connectivity index is 2.02. The molecule has 1 aromatic carbocycles. The van der Waals surface area contributed by atoms with Gasteiger partial charge >= 0.3 is 0 Å². The van der Waals surface area contributed by atoms with Crippen LogP contribution in [0, 0.1) is 5.92 Å². The highest BCUT2D eigenvalue weighted by atomic mass is 32.2. The average Bonchev–Trinajstić information content (AvgIpc) is 2.80. The summed E-state index contributed by atoms with van der Waals surface area (Å²) in [5.74, 6) is 0.728. The summed E-state index contributed by atoms with van der Waals surface area (Å²) in [5, 5.41) is 3.48. The summed E-state index contributed by atoms with van der Waals surface area (Å²) in [7, 11) is -3.22. The molecule has 0 aliphatic heterocycles. The Bertz CT molecular complexity index is 522. The largest absolute Gasteiger partial charge is 0.382 e. The van der Waals surface area contributed by atoms with Gasteiger partial charge in [-0.3, -0.25) is 4.72 Å². The molecule has 106 valence electrons. The van der Waals surface area contributed by atoms with Gasteiger partial charge in [0.05, 0.1) is 11.9 Å². The van der Waals surface area contributed by atoms with Gasteiger partial charge in [0.1, 0.15) is 0 Å². The van der Waals surface area contributed by atoms with Crippen LogP contribution in [0.3, 0.4) is 0 Å². The van der Waals surface area contributed by atoms with Gasteiger partial charge in [0, 0.05) is 11.7 Å². The van der Waals surface area contributed by atoms with E-state index in [4.69, 9.17) is 0 Å². The number of anilines is 2. The molecule has 0 saturated heterocycles. The van der Waals surface area contributed by atoms with Crippen molar-refractivity contribution in [2.24, 2.45) is 5.92 Å². The molecule has 1 atom stereocenters. The third kappa shape index (κ3) is 4.42. The van der Waals surface area contributed by atoms with Crippen molar-refractivity contribution in [3.05, 3.63) is 24.3 Å². The van der Waals surface area contributed by atoms with Crippen LogP contribution < -0.4 is 10.0 Å². The summed E-state index contributed by atoms with van der Waals surface area (Å²) in [4.78, 5) is 0. The summed E-state index contributed by atoms with van der Waals surface area (Å²) in [6.45, 7) is 2.20. The highest BCUT2D eigenvalue weighted by molar-refractivity contribution is 7.92. The zero-order valence-electron chi connectivity index (χ0n) is 11.5. The van der Waals surface area contributed by atoms with Crippen molar-refractivity contribution in [1.82, 2.24) is 0 Å². The van der Waals surface area contributed by atoms with Crippen molar-refractivity contribution < 1.29 is 8.42 Å². The van der Waals surface area contributed by atoms with Crippen molar-refractivity contribution in [2.45, 2.75) is 38.6 Å². The van der Waals surface area contributed by atoms with Crippen molar-refractivity contribution >= 4 is 21.4 Å². The zero-order valence-corrected chi connectivity index (χ0v) is 12.3. The van der Waals surface area contributed by atoms with Gasteiger partial charge < -0.3 is 5.32 Å². The maximum Gasteiger partial charge on any atom is 0.229 e. The van der Waals surface area contributed by atoms with E-state index >= 15 is 0 Å². The molecule has 1 aliphatic carbocycles. The smallest absolute Gasteiger partial charge is 0.229 e. The molecule has 0 amide bonds. The lowest BCUT2D eigenvalue weighted by atomic mass is 9.99. The molecule has 1 saturated carbocycles. The Morgan fingerprint density at radius 1 is 1.21 bits per heavy atom. The molecule has 1 aromatic rings. The van der Waals surface area contributed by atoms with Crippen molar-refractivity contribution in [3.63, 3.8) is 0 Å². The van der Waals surface area contributed by atoms with Crippen LogP contribution in [0.1, 0.15) is 32.6 Å². The molecule has 0 heterocycles. The predicted octanol–water partition coefficient (Wildman–Crippen LogP) is 3.05. The Labute approximate surface area is 115 Å². The van der Waals surface area contributed by atoms with Crippen molar-refractivity contribution in [1.29, 1.82) is 0 Å². The molecule has 1 aliphatic rings. The normalized spacial score (nSPS) is 18.2. The number of rotatable bonds is 5. The molecular weight excluding hydrogens is 260 g/mol. The van der Waals surface area contributed by atoms with E-state index in [1.807, 2.05) is 18.2 Å². The highest BCUT2D eigenvalue weighted by Gasteiger charge is 2.21. The molecule has 19 heavy (non-hydrogen) atoms. The van der Waals surface area contributed by atoms with Gasteiger partial charge in [-0.25, -0.2) is 8.42 Å². The topological polar surface area (TPSA) is 58.2 Å². The minimum atomic E-state index is -3.22. The summed E-state index contributed by atoms with van der Waals surface area (Å²) in [6.07, 6.45) is 6.39. The van der Waals surface area contributed by atoms with Crippen molar-refractivity contribution in [3.8, 4) is 0 Å². The van der Waals surface area contributed by atoms with E-state index in [1.165, 1.54) is 25.7 Å². The van der Waals surface area contributed by atoms with E-state index in [0.717, 1.165) is 17.9 Å². The second kappa shape index (κ2) is 5.82. The lowest BCUT2D eigenvalue weighted by Gasteiger charge is -2.22. The van der Waals surface area contributed by atoms with Crippen LogP contribution in [0.4, 0.5) is 11.4 Å². The molecule has 0 spiro atoms. The number of hydrogen-bond acceptors (Lipinski definition) is 3. The van der Waals surface area contributed by atoms with E-state index in [0.29, 0.717) is 11.7 Å². The molecule has 0 radical (unpaired) electrons. The zero-order chi connectivity index (χ0) is 13.9. The standard InChI is InChI=1S/C14H22N2O2S/c1-11(12-6-3-4-7-12)15-13-8-5-9-14(10-13)16-19(2,17)18/h5,8-12,15-16H,3-4,6-7H2,1-2H3. The Hall–Kier alpha value is -1.23. The molecule has 2 rings (SSSR count). The van der Waals surface area contributed by atoms with E-state index in [-0.39, 0.29) is 0 Å². The monoisotopic (exact) mass is 282 g/mol. The van der Waals surface area contributed by atoms with Crippen LogP contribution in [0.2, 0.25) is 0 Å². The molecule has 4 nitrogen and oxygen atoms in total.